The Morgan fingerprint density at radius 2 is 2.39 bits per heavy atom. The molecular formula is C14H23N3O. The monoisotopic (exact) mass is 249 g/mol. The number of rotatable bonds is 5. The molecule has 0 amide bonds. The number of carbonyl (C=O) groups excluding carboxylic acids is 1. The van der Waals surface area contributed by atoms with Crippen molar-refractivity contribution in [2.45, 2.75) is 40.2 Å². The van der Waals surface area contributed by atoms with E-state index in [0.29, 0.717) is 5.92 Å². The lowest BCUT2D eigenvalue weighted by molar-refractivity contribution is 0.0727. The van der Waals surface area contributed by atoms with Gasteiger partial charge in [0.25, 0.3) is 0 Å². The molecule has 1 N–H and O–H groups in total. The Morgan fingerprint density at radius 3 is 2.94 bits per heavy atom. The first-order valence-corrected chi connectivity index (χ1v) is 6.89. The maximum Gasteiger partial charge on any atom is 0.188 e. The Labute approximate surface area is 109 Å². The lowest BCUT2D eigenvalue weighted by Crippen LogP contribution is -2.39. The molecule has 2 heterocycles. The maximum absolute atomic E-state index is 12.9. The average molecular weight is 249 g/mol. The van der Waals surface area contributed by atoms with Crippen LogP contribution in [-0.2, 0) is 6.54 Å². The molecule has 0 bridgehead atoms. The van der Waals surface area contributed by atoms with Crippen molar-refractivity contribution in [1.82, 2.24) is 15.1 Å². The van der Waals surface area contributed by atoms with E-state index >= 15 is 0 Å². The maximum atomic E-state index is 12.9. The normalized spacial score (nSPS) is 23.8. The van der Waals surface area contributed by atoms with E-state index in [-0.39, 0.29) is 11.2 Å². The third-order valence-corrected chi connectivity index (χ3v) is 4.13. The van der Waals surface area contributed by atoms with E-state index in [1.165, 1.54) is 0 Å². The van der Waals surface area contributed by atoms with E-state index in [9.17, 15) is 4.79 Å². The zero-order chi connectivity index (χ0) is 13.2. The largest absolute Gasteiger partial charge is 0.316 e. The highest BCUT2D eigenvalue weighted by molar-refractivity contribution is 5.99. The number of ketones is 1. The molecule has 18 heavy (non-hydrogen) atoms. The molecule has 0 saturated carbocycles. The van der Waals surface area contributed by atoms with Crippen LogP contribution >= 0.6 is 0 Å². The number of hydrogen-bond acceptors (Lipinski definition) is 3. The predicted octanol–water partition coefficient (Wildman–Crippen LogP) is 2.11. The van der Waals surface area contributed by atoms with Crippen LogP contribution in [0.15, 0.2) is 12.3 Å². The van der Waals surface area contributed by atoms with Gasteiger partial charge in [-0.05, 0) is 31.4 Å². The molecule has 1 aromatic rings. The molecule has 1 aromatic heterocycles. The van der Waals surface area contributed by atoms with Crippen LogP contribution in [0.1, 0.15) is 44.1 Å². The van der Waals surface area contributed by atoms with Crippen LogP contribution in [-0.4, -0.2) is 28.7 Å². The summed E-state index contributed by atoms with van der Waals surface area (Å²) in [6.07, 6.45) is 3.66. The highest BCUT2D eigenvalue weighted by atomic mass is 16.1. The van der Waals surface area contributed by atoms with Crippen molar-refractivity contribution in [3.05, 3.63) is 18.0 Å². The Morgan fingerprint density at radius 1 is 1.61 bits per heavy atom. The van der Waals surface area contributed by atoms with Gasteiger partial charge in [-0.1, -0.05) is 20.8 Å². The first kappa shape index (κ1) is 13.3. The van der Waals surface area contributed by atoms with Gasteiger partial charge in [0.2, 0.25) is 0 Å². The molecule has 4 heteroatoms. The van der Waals surface area contributed by atoms with Gasteiger partial charge in [0.15, 0.2) is 5.78 Å². The summed E-state index contributed by atoms with van der Waals surface area (Å²) in [5, 5.41) is 7.60. The molecule has 4 nitrogen and oxygen atoms in total. The van der Waals surface area contributed by atoms with Gasteiger partial charge in [-0.3, -0.25) is 9.48 Å². The minimum atomic E-state index is -0.245. The Hall–Kier alpha value is -1.16. The van der Waals surface area contributed by atoms with Crippen molar-refractivity contribution in [3.8, 4) is 0 Å². The summed E-state index contributed by atoms with van der Waals surface area (Å²) in [6.45, 7) is 8.93. The third kappa shape index (κ3) is 2.09. The molecule has 0 radical (unpaired) electrons. The van der Waals surface area contributed by atoms with Crippen molar-refractivity contribution in [2.75, 3.05) is 13.1 Å². The third-order valence-electron chi connectivity index (χ3n) is 4.13. The summed E-state index contributed by atoms with van der Waals surface area (Å²) in [4.78, 5) is 12.9. The smallest absolute Gasteiger partial charge is 0.188 e. The molecule has 1 aliphatic heterocycles. The van der Waals surface area contributed by atoms with E-state index in [0.717, 1.165) is 38.2 Å². The van der Waals surface area contributed by atoms with Crippen LogP contribution in [0.2, 0.25) is 0 Å². The summed E-state index contributed by atoms with van der Waals surface area (Å²) < 4.78 is 1.85. The molecule has 100 valence electrons. The highest BCUT2D eigenvalue weighted by Gasteiger charge is 2.45. The summed E-state index contributed by atoms with van der Waals surface area (Å²) >= 11 is 0. The fraction of sp³-hybridized carbons (Fsp3) is 0.714. The summed E-state index contributed by atoms with van der Waals surface area (Å²) in [5.41, 5.74) is 0.528. The quantitative estimate of drug-likeness (QED) is 0.813. The van der Waals surface area contributed by atoms with Crippen molar-refractivity contribution in [2.24, 2.45) is 11.3 Å². The zero-order valence-corrected chi connectivity index (χ0v) is 11.6. The van der Waals surface area contributed by atoms with Crippen molar-refractivity contribution in [1.29, 1.82) is 0 Å². The number of hydrogen-bond donors (Lipinski definition) is 1. The molecule has 0 aromatic carbocycles. The molecule has 2 rings (SSSR count). The van der Waals surface area contributed by atoms with Gasteiger partial charge in [0.05, 0.1) is 5.41 Å². The number of nitrogens with zero attached hydrogens (tertiary/aromatic N) is 2. The first-order chi connectivity index (χ1) is 8.62. The zero-order valence-electron chi connectivity index (χ0n) is 11.6. The molecule has 1 aliphatic rings. The van der Waals surface area contributed by atoms with Crippen LogP contribution in [0.3, 0.4) is 0 Å². The molecular weight excluding hydrogens is 226 g/mol. The van der Waals surface area contributed by atoms with Crippen LogP contribution < -0.4 is 5.32 Å². The SMILES string of the molecule is CCCn1nccc1C(=O)C1(C(C)C)CCNC1. The Bertz CT molecular complexity index is 416. The van der Waals surface area contributed by atoms with Crippen LogP contribution in [0.5, 0.6) is 0 Å². The molecule has 0 spiro atoms. The van der Waals surface area contributed by atoms with Crippen LogP contribution in [0.4, 0.5) is 0 Å². The Balaban J connectivity index is 2.31. The van der Waals surface area contributed by atoms with Gasteiger partial charge >= 0.3 is 0 Å². The minimum Gasteiger partial charge on any atom is -0.316 e. The lowest BCUT2D eigenvalue weighted by atomic mass is 9.72. The predicted molar refractivity (Wildman–Crippen MR) is 71.6 cm³/mol. The fourth-order valence-electron chi connectivity index (χ4n) is 2.83. The molecule has 0 aliphatic carbocycles. The van der Waals surface area contributed by atoms with Gasteiger partial charge in [0, 0.05) is 19.3 Å². The number of aromatic nitrogens is 2. The van der Waals surface area contributed by atoms with E-state index in [1.54, 1.807) is 6.20 Å². The highest BCUT2D eigenvalue weighted by Crippen LogP contribution is 2.37. The molecule has 1 saturated heterocycles. The fourth-order valence-corrected chi connectivity index (χ4v) is 2.83. The average Bonchev–Trinajstić information content (AvgIpc) is 2.97. The number of Topliss-reactive ketones (excluding diaryl/α,β-unsaturated/α-hetero) is 1. The number of aryl methyl sites for hydroxylation is 1. The summed E-state index contributed by atoms with van der Waals surface area (Å²) in [6, 6.07) is 1.86. The van der Waals surface area contributed by atoms with Gasteiger partial charge in [-0.15, -0.1) is 0 Å². The van der Waals surface area contributed by atoms with Crippen molar-refractivity contribution >= 4 is 5.78 Å². The second-order valence-corrected chi connectivity index (χ2v) is 5.51. The molecule has 1 unspecified atom stereocenters. The second kappa shape index (κ2) is 5.22. The summed E-state index contributed by atoms with van der Waals surface area (Å²) in [7, 11) is 0. The minimum absolute atomic E-state index is 0.245. The van der Waals surface area contributed by atoms with Gasteiger partial charge in [-0.2, -0.15) is 5.10 Å². The molecule has 1 atom stereocenters. The Kier molecular flexibility index (Phi) is 3.85. The second-order valence-electron chi connectivity index (χ2n) is 5.51. The number of carbonyl (C=O) groups is 1. The van der Waals surface area contributed by atoms with Gasteiger partial charge in [0.1, 0.15) is 5.69 Å². The molecule has 1 fully saturated rings. The summed E-state index contributed by atoms with van der Waals surface area (Å²) in [5.74, 6) is 0.610. The van der Waals surface area contributed by atoms with E-state index < -0.39 is 0 Å². The van der Waals surface area contributed by atoms with E-state index in [1.807, 2.05) is 10.7 Å². The van der Waals surface area contributed by atoms with E-state index in [2.05, 4.69) is 31.2 Å². The lowest BCUT2D eigenvalue weighted by Gasteiger charge is -2.31. The van der Waals surface area contributed by atoms with Crippen molar-refractivity contribution in [3.63, 3.8) is 0 Å². The standard InChI is InChI=1S/C14H23N3O/c1-4-9-17-12(5-7-16-17)13(18)14(11(2)3)6-8-15-10-14/h5,7,11,15H,4,6,8-10H2,1-3H3. The topological polar surface area (TPSA) is 46.9 Å². The van der Waals surface area contributed by atoms with Gasteiger partial charge in [-0.25, -0.2) is 0 Å². The first-order valence-electron chi connectivity index (χ1n) is 6.89. The van der Waals surface area contributed by atoms with Crippen LogP contribution in [0, 0.1) is 11.3 Å². The number of nitrogens with one attached hydrogen (secondary N) is 1. The van der Waals surface area contributed by atoms with E-state index in [4.69, 9.17) is 0 Å². The van der Waals surface area contributed by atoms with Gasteiger partial charge < -0.3 is 5.32 Å². The van der Waals surface area contributed by atoms with Crippen LogP contribution in [0.25, 0.3) is 0 Å². The van der Waals surface area contributed by atoms with Crippen molar-refractivity contribution < 1.29 is 4.79 Å².